The number of amides is 2. The summed E-state index contributed by atoms with van der Waals surface area (Å²) in [5.74, 6) is 0.328. The van der Waals surface area contributed by atoms with Crippen LogP contribution >= 0.6 is 0 Å². The van der Waals surface area contributed by atoms with E-state index in [4.69, 9.17) is 4.74 Å². The number of morpholine rings is 1. The van der Waals surface area contributed by atoms with Crippen LogP contribution in [0.3, 0.4) is 0 Å². The molecule has 0 aliphatic carbocycles. The van der Waals surface area contributed by atoms with Gasteiger partial charge in [-0.05, 0) is 29.7 Å². The van der Waals surface area contributed by atoms with Gasteiger partial charge in [0, 0.05) is 37.7 Å². The van der Waals surface area contributed by atoms with Gasteiger partial charge in [-0.2, -0.15) is 0 Å². The van der Waals surface area contributed by atoms with E-state index in [2.05, 4.69) is 0 Å². The quantitative estimate of drug-likeness (QED) is 0.835. The molecule has 0 atom stereocenters. The Bertz CT molecular complexity index is 801. The number of carbonyl (C=O) groups excluding carboxylic acids is 2. The smallest absolute Gasteiger partial charge is 0.254 e. The maximum Gasteiger partial charge on any atom is 0.254 e. The lowest BCUT2D eigenvalue weighted by Crippen LogP contribution is -2.47. The van der Waals surface area contributed by atoms with Crippen LogP contribution in [-0.4, -0.2) is 61.0 Å². The lowest BCUT2D eigenvalue weighted by molar-refractivity contribution is -0.141. The van der Waals surface area contributed by atoms with Gasteiger partial charge in [0.15, 0.2) is 0 Å². The van der Waals surface area contributed by atoms with Gasteiger partial charge in [0.1, 0.15) is 0 Å². The van der Waals surface area contributed by atoms with E-state index in [0.29, 0.717) is 39.4 Å². The SMILES string of the molecule is O=C(c1cccc2ccccc12)N1CCC(C(=O)N2CCOCC2)CC1. The minimum Gasteiger partial charge on any atom is -0.378 e. The lowest BCUT2D eigenvalue weighted by Gasteiger charge is -2.35. The molecule has 0 spiro atoms. The third-order valence-corrected chi connectivity index (χ3v) is 5.47. The minimum atomic E-state index is 0.0321. The van der Waals surface area contributed by atoms with Crippen molar-refractivity contribution in [1.82, 2.24) is 9.80 Å². The number of piperidine rings is 1. The van der Waals surface area contributed by atoms with E-state index in [1.165, 1.54) is 0 Å². The molecule has 0 aromatic heterocycles. The van der Waals surface area contributed by atoms with Crippen molar-refractivity contribution in [3.05, 3.63) is 48.0 Å². The maximum absolute atomic E-state index is 13.0. The molecule has 26 heavy (non-hydrogen) atoms. The molecule has 5 nitrogen and oxygen atoms in total. The molecule has 2 aliphatic heterocycles. The van der Waals surface area contributed by atoms with E-state index >= 15 is 0 Å². The van der Waals surface area contributed by atoms with E-state index in [0.717, 1.165) is 29.2 Å². The summed E-state index contributed by atoms with van der Waals surface area (Å²) in [4.78, 5) is 29.5. The standard InChI is InChI=1S/C21H24N2O3/c24-20(23-12-14-26-15-13-23)17-8-10-22(11-9-17)21(25)19-7-3-5-16-4-1-2-6-18(16)19/h1-7,17H,8-15H2. The first-order chi connectivity index (χ1) is 12.7. The highest BCUT2D eigenvalue weighted by Crippen LogP contribution is 2.24. The van der Waals surface area contributed by atoms with Gasteiger partial charge in [0.25, 0.3) is 5.91 Å². The Hall–Kier alpha value is -2.40. The molecule has 2 amide bonds. The third-order valence-electron chi connectivity index (χ3n) is 5.47. The lowest BCUT2D eigenvalue weighted by atomic mass is 9.94. The predicted molar refractivity (Wildman–Crippen MR) is 100.0 cm³/mol. The number of hydrogen-bond acceptors (Lipinski definition) is 3. The Morgan fingerprint density at radius 1 is 0.846 bits per heavy atom. The zero-order valence-electron chi connectivity index (χ0n) is 14.9. The van der Waals surface area contributed by atoms with Crippen LogP contribution in [0.5, 0.6) is 0 Å². The van der Waals surface area contributed by atoms with Gasteiger partial charge in [-0.3, -0.25) is 9.59 Å². The first kappa shape index (κ1) is 17.0. The fourth-order valence-electron chi connectivity index (χ4n) is 3.95. The van der Waals surface area contributed by atoms with E-state index < -0.39 is 0 Å². The van der Waals surface area contributed by atoms with Crippen LogP contribution < -0.4 is 0 Å². The molecule has 2 aliphatic rings. The second-order valence-electron chi connectivity index (χ2n) is 7.03. The van der Waals surface area contributed by atoms with Crippen molar-refractivity contribution in [3.63, 3.8) is 0 Å². The molecule has 0 saturated carbocycles. The Labute approximate surface area is 153 Å². The second kappa shape index (κ2) is 7.46. The number of likely N-dealkylation sites (tertiary alicyclic amines) is 1. The van der Waals surface area contributed by atoms with Crippen molar-refractivity contribution in [3.8, 4) is 0 Å². The Balaban J connectivity index is 1.42. The van der Waals surface area contributed by atoms with Crippen LogP contribution in [0.4, 0.5) is 0 Å². The van der Waals surface area contributed by atoms with Gasteiger partial charge >= 0.3 is 0 Å². The van der Waals surface area contributed by atoms with Crippen LogP contribution in [0.25, 0.3) is 10.8 Å². The van der Waals surface area contributed by atoms with Crippen molar-refractivity contribution in [1.29, 1.82) is 0 Å². The average Bonchev–Trinajstić information content (AvgIpc) is 2.73. The zero-order valence-corrected chi connectivity index (χ0v) is 14.9. The summed E-state index contributed by atoms with van der Waals surface area (Å²) in [6.45, 7) is 3.92. The fraction of sp³-hybridized carbons (Fsp3) is 0.429. The van der Waals surface area contributed by atoms with Gasteiger partial charge in [-0.15, -0.1) is 0 Å². The van der Waals surface area contributed by atoms with Crippen molar-refractivity contribution >= 4 is 22.6 Å². The summed E-state index contributed by atoms with van der Waals surface area (Å²) >= 11 is 0. The molecule has 2 aromatic carbocycles. The maximum atomic E-state index is 13.0. The van der Waals surface area contributed by atoms with Crippen LogP contribution in [0.2, 0.25) is 0 Å². The molecule has 0 unspecified atom stereocenters. The van der Waals surface area contributed by atoms with Gasteiger partial charge in [-0.1, -0.05) is 36.4 Å². The molecular weight excluding hydrogens is 328 g/mol. The van der Waals surface area contributed by atoms with Crippen LogP contribution in [0.1, 0.15) is 23.2 Å². The number of hydrogen-bond donors (Lipinski definition) is 0. The predicted octanol–water partition coefficient (Wildman–Crippen LogP) is 2.55. The van der Waals surface area contributed by atoms with E-state index in [-0.39, 0.29) is 17.7 Å². The molecule has 2 heterocycles. The first-order valence-corrected chi connectivity index (χ1v) is 9.37. The summed E-state index contributed by atoms with van der Waals surface area (Å²) in [5, 5.41) is 2.07. The normalized spacial score (nSPS) is 18.9. The van der Waals surface area contributed by atoms with Gasteiger partial charge in [0.2, 0.25) is 5.91 Å². The molecule has 5 heteroatoms. The highest BCUT2D eigenvalue weighted by molar-refractivity contribution is 6.07. The van der Waals surface area contributed by atoms with Crippen molar-refractivity contribution in [2.45, 2.75) is 12.8 Å². The van der Waals surface area contributed by atoms with Gasteiger partial charge in [0.05, 0.1) is 13.2 Å². The van der Waals surface area contributed by atoms with Crippen LogP contribution in [-0.2, 0) is 9.53 Å². The average molecular weight is 352 g/mol. The molecule has 0 bridgehead atoms. The van der Waals surface area contributed by atoms with Crippen molar-refractivity contribution < 1.29 is 14.3 Å². The van der Waals surface area contributed by atoms with Crippen molar-refractivity contribution in [2.24, 2.45) is 5.92 Å². The number of carbonyl (C=O) groups is 2. The largest absolute Gasteiger partial charge is 0.378 e. The molecule has 0 radical (unpaired) electrons. The summed E-state index contributed by atoms with van der Waals surface area (Å²) in [6, 6.07) is 13.8. The van der Waals surface area contributed by atoms with E-state index in [1.54, 1.807) is 0 Å². The van der Waals surface area contributed by atoms with Gasteiger partial charge in [-0.25, -0.2) is 0 Å². The number of fused-ring (bicyclic) bond motifs is 1. The highest BCUT2D eigenvalue weighted by atomic mass is 16.5. The molecule has 2 saturated heterocycles. The monoisotopic (exact) mass is 352 g/mol. The summed E-state index contributed by atoms with van der Waals surface area (Å²) in [6.07, 6.45) is 1.49. The highest BCUT2D eigenvalue weighted by Gasteiger charge is 2.31. The molecule has 0 N–H and O–H groups in total. The van der Waals surface area contributed by atoms with Crippen LogP contribution in [0.15, 0.2) is 42.5 Å². The first-order valence-electron chi connectivity index (χ1n) is 9.37. The van der Waals surface area contributed by atoms with E-state index in [9.17, 15) is 9.59 Å². The fourth-order valence-corrected chi connectivity index (χ4v) is 3.95. The number of nitrogens with zero attached hydrogens (tertiary/aromatic N) is 2. The zero-order chi connectivity index (χ0) is 17.9. The van der Waals surface area contributed by atoms with E-state index in [1.807, 2.05) is 52.3 Å². The Morgan fingerprint density at radius 3 is 2.31 bits per heavy atom. The van der Waals surface area contributed by atoms with Crippen molar-refractivity contribution in [2.75, 3.05) is 39.4 Å². The number of benzene rings is 2. The third kappa shape index (κ3) is 3.31. The molecular formula is C21H24N2O3. The topological polar surface area (TPSA) is 49.9 Å². The number of ether oxygens (including phenoxy) is 1. The second-order valence-corrected chi connectivity index (χ2v) is 7.03. The van der Waals surface area contributed by atoms with Gasteiger partial charge < -0.3 is 14.5 Å². The molecule has 2 aromatic rings. The summed E-state index contributed by atoms with van der Waals surface area (Å²) in [5.41, 5.74) is 0.751. The summed E-state index contributed by atoms with van der Waals surface area (Å²) < 4.78 is 5.32. The Kier molecular flexibility index (Phi) is 4.89. The molecule has 136 valence electrons. The summed E-state index contributed by atoms with van der Waals surface area (Å²) in [7, 11) is 0. The molecule has 2 fully saturated rings. The minimum absolute atomic E-state index is 0.0321. The molecule has 4 rings (SSSR count). The van der Waals surface area contributed by atoms with Crippen LogP contribution in [0, 0.1) is 5.92 Å². The number of rotatable bonds is 2. The Morgan fingerprint density at radius 2 is 1.54 bits per heavy atom.